The number of rotatable bonds is 7. The van der Waals surface area contributed by atoms with Crippen LogP contribution in [-0.2, 0) is 13.1 Å². The number of aromatic nitrogens is 4. The summed E-state index contributed by atoms with van der Waals surface area (Å²) in [6, 6.07) is 1.79. The van der Waals surface area contributed by atoms with Gasteiger partial charge >= 0.3 is 0 Å². The van der Waals surface area contributed by atoms with Gasteiger partial charge in [-0.1, -0.05) is 19.0 Å². The lowest BCUT2D eigenvalue weighted by Crippen LogP contribution is -2.23. The lowest BCUT2D eigenvalue weighted by Gasteiger charge is -2.17. The maximum absolute atomic E-state index is 12.4. The molecule has 3 rings (SSSR count). The van der Waals surface area contributed by atoms with E-state index in [0.717, 1.165) is 25.2 Å². The van der Waals surface area contributed by atoms with Crippen molar-refractivity contribution in [1.82, 2.24) is 30.0 Å². The Kier molecular flexibility index (Phi) is 5.08. The zero-order chi connectivity index (χ0) is 17.8. The first-order valence-corrected chi connectivity index (χ1v) is 8.35. The van der Waals surface area contributed by atoms with E-state index in [4.69, 9.17) is 4.52 Å². The van der Waals surface area contributed by atoms with Crippen molar-refractivity contribution in [3.63, 3.8) is 0 Å². The summed E-state index contributed by atoms with van der Waals surface area (Å²) in [6.45, 7) is 9.12. The molecule has 0 aromatic carbocycles. The van der Waals surface area contributed by atoms with Crippen LogP contribution in [0.2, 0.25) is 0 Å². The SMILES string of the molecule is CCN(CC)Cc1cnc2c(C(=O)NCc3cc(C)on3)cnn2c1. The van der Waals surface area contributed by atoms with Crippen LogP contribution in [0, 0.1) is 6.92 Å². The lowest BCUT2D eigenvalue weighted by atomic mass is 10.3. The van der Waals surface area contributed by atoms with Gasteiger partial charge in [-0.05, 0) is 20.0 Å². The predicted molar refractivity (Wildman–Crippen MR) is 92.0 cm³/mol. The van der Waals surface area contributed by atoms with Crippen LogP contribution in [0.25, 0.3) is 5.65 Å². The highest BCUT2D eigenvalue weighted by Gasteiger charge is 2.15. The van der Waals surface area contributed by atoms with E-state index in [-0.39, 0.29) is 5.91 Å². The second kappa shape index (κ2) is 7.43. The fourth-order valence-corrected chi connectivity index (χ4v) is 2.63. The maximum atomic E-state index is 12.4. The molecule has 0 unspecified atom stereocenters. The highest BCUT2D eigenvalue weighted by molar-refractivity contribution is 5.99. The van der Waals surface area contributed by atoms with E-state index in [1.165, 1.54) is 6.20 Å². The molecule has 0 aliphatic carbocycles. The number of carbonyl (C=O) groups excluding carboxylic acids is 1. The zero-order valence-electron chi connectivity index (χ0n) is 14.7. The zero-order valence-corrected chi connectivity index (χ0v) is 14.7. The normalized spacial score (nSPS) is 11.4. The minimum atomic E-state index is -0.236. The van der Waals surface area contributed by atoms with Crippen LogP contribution in [-0.4, -0.2) is 43.7 Å². The molecule has 8 heteroatoms. The van der Waals surface area contributed by atoms with Crippen molar-refractivity contribution < 1.29 is 9.32 Å². The molecule has 0 atom stereocenters. The van der Waals surface area contributed by atoms with Crippen molar-refractivity contribution in [3.05, 3.63) is 47.2 Å². The van der Waals surface area contributed by atoms with E-state index in [1.54, 1.807) is 16.8 Å². The summed E-state index contributed by atoms with van der Waals surface area (Å²) in [5, 5.41) is 10.9. The molecule has 1 amide bonds. The standard InChI is InChI=1S/C17H22N6O2/c1-4-22(5-2)10-13-7-18-16-15(9-20-23(16)11-13)17(24)19-8-14-6-12(3)25-21-14/h6-7,9,11H,4-5,8,10H2,1-3H3,(H,19,24). The van der Waals surface area contributed by atoms with Crippen LogP contribution in [0.4, 0.5) is 0 Å². The topological polar surface area (TPSA) is 88.6 Å². The van der Waals surface area contributed by atoms with Gasteiger partial charge in [0.15, 0.2) is 5.65 Å². The van der Waals surface area contributed by atoms with Gasteiger partial charge in [0.2, 0.25) is 0 Å². The molecule has 0 saturated carbocycles. The van der Waals surface area contributed by atoms with E-state index < -0.39 is 0 Å². The average Bonchev–Trinajstić information content (AvgIpc) is 3.23. The number of amides is 1. The molecule has 0 bridgehead atoms. The molecule has 0 saturated heterocycles. The number of hydrogen-bond donors (Lipinski definition) is 1. The van der Waals surface area contributed by atoms with Gasteiger partial charge in [0.25, 0.3) is 5.91 Å². The van der Waals surface area contributed by atoms with Gasteiger partial charge in [-0.25, -0.2) is 9.50 Å². The molecule has 132 valence electrons. The summed E-state index contributed by atoms with van der Waals surface area (Å²) in [5.41, 5.74) is 2.72. The second-order valence-corrected chi connectivity index (χ2v) is 5.86. The van der Waals surface area contributed by atoms with Gasteiger partial charge in [-0.2, -0.15) is 5.10 Å². The average molecular weight is 342 g/mol. The van der Waals surface area contributed by atoms with Crippen LogP contribution in [0.5, 0.6) is 0 Å². The fourth-order valence-electron chi connectivity index (χ4n) is 2.63. The van der Waals surface area contributed by atoms with Gasteiger partial charge in [0.05, 0.1) is 12.7 Å². The highest BCUT2D eigenvalue weighted by atomic mass is 16.5. The van der Waals surface area contributed by atoms with E-state index >= 15 is 0 Å². The number of fused-ring (bicyclic) bond motifs is 1. The Morgan fingerprint density at radius 3 is 2.80 bits per heavy atom. The van der Waals surface area contributed by atoms with Gasteiger partial charge in [-0.3, -0.25) is 9.69 Å². The lowest BCUT2D eigenvalue weighted by molar-refractivity contribution is 0.0951. The number of aryl methyl sites for hydroxylation is 1. The van der Waals surface area contributed by atoms with Crippen LogP contribution in [0.15, 0.2) is 29.2 Å². The van der Waals surface area contributed by atoms with E-state index in [2.05, 4.69) is 39.3 Å². The molecule has 0 fully saturated rings. The van der Waals surface area contributed by atoms with Gasteiger partial charge < -0.3 is 9.84 Å². The molecule has 0 radical (unpaired) electrons. The Hall–Kier alpha value is -2.74. The van der Waals surface area contributed by atoms with Crippen molar-refractivity contribution in [3.8, 4) is 0 Å². The quantitative estimate of drug-likeness (QED) is 0.704. The number of nitrogens with one attached hydrogen (secondary N) is 1. The molecule has 8 nitrogen and oxygen atoms in total. The summed E-state index contributed by atoms with van der Waals surface area (Å²) in [7, 11) is 0. The molecule has 3 aromatic heterocycles. The molecule has 3 aromatic rings. The third-order valence-electron chi connectivity index (χ3n) is 4.06. The third kappa shape index (κ3) is 3.85. The Morgan fingerprint density at radius 1 is 1.32 bits per heavy atom. The van der Waals surface area contributed by atoms with Crippen LogP contribution >= 0.6 is 0 Å². The molecule has 1 N–H and O–H groups in total. The van der Waals surface area contributed by atoms with Gasteiger partial charge in [0.1, 0.15) is 17.0 Å². The molecular formula is C17H22N6O2. The monoisotopic (exact) mass is 342 g/mol. The molecule has 0 aliphatic heterocycles. The highest BCUT2D eigenvalue weighted by Crippen LogP contribution is 2.11. The van der Waals surface area contributed by atoms with E-state index in [0.29, 0.717) is 29.2 Å². The molecular weight excluding hydrogens is 320 g/mol. The van der Waals surface area contributed by atoms with Crippen molar-refractivity contribution in [2.24, 2.45) is 0 Å². The first kappa shape index (κ1) is 17.1. The van der Waals surface area contributed by atoms with Crippen molar-refractivity contribution in [2.75, 3.05) is 13.1 Å². The van der Waals surface area contributed by atoms with Gasteiger partial charge in [0, 0.05) is 30.6 Å². The first-order chi connectivity index (χ1) is 12.1. The van der Waals surface area contributed by atoms with Crippen molar-refractivity contribution in [1.29, 1.82) is 0 Å². The van der Waals surface area contributed by atoms with Crippen LogP contribution in [0.3, 0.4) is 0 Å². The number of carbonyl (C=O) groups is 1. The van der Waals surface area contributed by atoms with E-state index in [1.807, 2.05) is 13.1 Å². The summed E-state index contributed by atoms with van der Waals surface area (Å²) in [5.74, 6) is 0.474. The Morgan fingerprint density at radius 2 is 2.12 bits per heavy atom. The number of hydrogen-bond acceptors (Lipinski definition) is 6. The first-order valence-electron chi connectivity index (χ1n) is 8.35. The van der Waals surface area contributed by atoms with Crippen LogP contribution in [0.1, 0.15) is 41.2 Å². The summed E-state index contributed by atoms with van der Waals surface area (Å²) in [4.78, 5) is 19.1. The smallest absolute Gasteiger partial charge is 0.257 e. The minimum absolute atomic E-state index is 0.236. The third-order valence-corrected chi connectivity index (χ3v) is 4.06. The Bertz CT molecular complexity index is 865. The largest absolute Gasteiger partial charge is 0.361 e. The second-order valence-electron chi connectivity index (χ2n) is 5.86. The molecule has 3 heterocycles. The predicted octanol–water partition coefficient (Wildman–Crippen LogP) is 1.80. The van der Waals surface area contributed by atoms with Gasteiger partial charge in [-0.15, -0.1) is 0 Å². The summed E-state index contributed by atoms with van der Waals surface area (Å²) >= 11 is 0. The number of nitrogens with zero attached hydrogens (tertiary/aromatic N) is 5. The van der Waals surface area contributed by atoms with Crippen molar-refractivity contribution in [2.45, 2.75) is 33.9 Å². The Balaban J connectivity index is 1.72. The minimum Gasteiger partial charge on any atom is -0.361 e. The van der Waals surface area contributed by atoms with Crippen LogP contribution < -0.4 is 5.32 Å². The summed E-state index contributed by atoms with van der Waals surface area (Å²) in [6.07, 6.45) is 5.25. The molecule has 25 heavy (non-hydrogen) atoms. The Labute approximate surface area is 145 Å². The summed E-state index contributed by atoms with van der Waals surface area (Å²) < 4.78 is 6.63. The molecule has 0 aliphatic rings. The molecule has 0 spiro atoms. The maximum Gasteiger partial charge on any atom is 0.257 e. The van der Waals surface area contributed by atoms with E-state index in [9.17, 15) is 4.79 Å². The van der Waals surface area contributed by atoms with Crippen molar-refractivity contribution >= 4 is 11.6 Å². The fraction of sp³-hybridized carbons (Fsp3) is 0.412.